The fourth-order valence-electron chi connectivity index (χ4n) is 3.26. The van der Waals surface area contributed by atoms with Crippen LogP contribution in [0.1, 0.15) is 35.3 Å². The highest BCUT2D eigenvalue weighted by Crippen LogP contribution is 2.25. The van der Waals surface area contributed by atoms with Crippen LogP contribution in [-0.2, 0) is 20.0 Å². The number of aromatic nitrogens is 2. The van der Waals surface area contributed by atoms with E-state index in [1.54, 1.807) is 0 Å². The summed E-state index contributed by atoms with van der Waals surface area (Å²) in [5.74, 6) is 0. The zero-order valence-corrected chi connectivity index (χ0v) is 15.1. The molecule has 0 saturated carbocycles. The van der Waals surface area contributed by atoms with Crippen molar-refractivity contribution in [3.05, 3.63) is 52.8 Å². The van der Waals surface area contributed by atoms with Crippen molar-refractivity contribution < 1.29 is 0 Å². The van der Waals surface area contributed by atoms with Gasteiger partial charge in [-0.15, -0.1) is 12.4 Å². The molecule has 1 aromatic heterocycles. The predicted octanol–water partition coefficient (Wildman–Crippen LogP) is 2.86. The summed E-state index contributed by atoms with van der Waals surface area (Å²) in [4.78, 5) is 2.57. The van der Waals surface area contributed by atoms with E-state index in [4.69, 9.17) is 0 Å². The molecule has 0 amide bonds. The number of nitrogens with one attached hydrogen (secondary N) is 1. The van der Waals surface area contributed by atoms with Gasteiger partial charge < -0.3 is 5.32 Å². The van der Waals surface area contributed by atoms with Crippen LogP contribution < -0.4 is 5.32 Å². The van der Waals surface area contributed by atoms with Crippen LogP contribution in [0.2, 0.25) is 0 Å². The second kappa shape index (κ2) is 7.95. The standard InChI is InChI=1S/C18H26N4.ClH/c1-4-15-5-7-16(8-6-15)18-11-19-9-10-22(18)13-17-12-21(3)20-14(17)2;/h5-8,12,18-19H,4,9-11,13H2,1-3H3;1H. The molecule has 1 atom stereocenters. The van der Waals surface area contributed by atoms with Crippen molar-refractivity contribution in [1.29, 1.82) is 0 Å². The summed E-state index contributed by atoms with van der Waals surface area (Å²) in [7, 11) is 2.00. The molecule has 1 aliphatic rings. The van der Waals surface area contributed by atoms with Crippen molar-refractivity contribution in [3.63, 3.8) is 0 Å². The second-order valence-electron chi connectivity index (χ2n) is 6.20. The Morgan fingerprint density at radius 2 is 2.00 bits per heavy atom. The zero-order valence-electron chi connectivity index (χ0n) is 14.2. The molecule has 1 aliphatic heterocycles. The molecule has 0 spiro atoms. The number of hydrogen-bond donors (Lipinski definition) is 1. The molecule has 1 N–H and O–H groups in total. The number of hydrogen-bond acceptors (Lipinski definition) is 3. The quantitative estimate of drug-likeness (QED) is 0.933. The maximum absolute atomic E-state index is 4.47. The van der Waals surface area contributed by atoms with Crippen LogP contribution in [0.5, 0.6) is 0 Å². The maximum atomic E-state index is 4.47. The molecule has 1 fully saturated rings. The molecule has 0 bridgehead atoms. The third-order valence-corrected chi connectivity index (χ3v) is 4.62. The molecule has 1 aromatic carbocycles. The third-order valence-electron chi connectivity index (χ3n) is 4.62. The number of aryl methyl sites for hydroxylation is 3. The summed E-state index contributed by atoms with van der Waals surface area (Å²) < 4.78 is 1.91. The number of halogens is 1. The van der Waals surface area contributed by atoms with E-state index in [1.807, 2.05) is 11.7 Å². The first kappa shape index (κ1) is 18.0. The van der Waals surface area contributed by atoms with Gasteiger partial charge in [-0.25, -0.2) is 0 Å². The normalized spacial score (nSPS) is 18.7. The molecule has 2 aromatic rings. The van der Waals surface area contributed by atoms with E-state index in [-0.39, 0.29) is 12.4 Å². The van der Waals surface area contributed by atoms with Gasteiger partial charge in [0.05, 0.1) is 5.69 Å². The minimum Gasteiger partial charge on any atom is -0.314 e. The minimum absolute atomic E-state index is 0. The molecule has 0 radical (unpaired) electrons. The molecule has 1 saturated heterocycles. The van der Waals surface area contributed by atoms with Crippen LogP contribution in [0.4, 0.5) is 0 Å². The van der Waals surface area contributed by atoms with Crippen LogP contribution in [0, 0.1) is 6.92 Å². The van der Waals surface area contributed by atoms with E-state index >= 15 is 0 Å². The lowest BCUT2D eigenvalue weighted by molar-refractivity contribution is 0.153. The number of piperazine rings is 1. The largest absolute Gasteiger partial charge is 0.314 e. The minimum atomic E-state index is 0. The highest BCUT2D eigenvalue weighted by atomic mass is 35.5. The Kier molecular flexibility index (Phi) is 6.22. The van der Waals surface area contributed by atoms with E-state index in [0.717, 1.165) is 38.3 Å². The van der Waals surface area contributed by atoms with Gasteiger partial charge >= 0.3 is 0 Å². The fourth-order valence-corrected chi connectivity index (χ4v) is 3.26. The van der Waals surface area contributed by atoms with E-state index in [9.17, 15) is 0 Å². The van der Waals surface area contributed by atoms with E-state index < -0.39 is 0 Å². The van der Waals surface area contributed by atoms with E-state index in [1.165, 1.54) is 16.7 Å². The van der Waals surface area contributed by atoms with Gasteiger partial charge in [0.15, 0.2) is 0 Å². The molecular formula is C18H27ClN4. The van der Waals surface area contributed by atoms with E-state index in [0.29, 0.717) is 6.04 Å². The first-order chi connectivity index (χ1) is 10.7. The summed E-state index contributed by atoms with van der Waals surface area (Å²) in [6.45, 7) is 8.43. The summed E-state index contributed by atoms with van der Waals surface area (Å²) in [5.41, 5.74) is 5.29. The van der Waals surface area contributed by atoms with Gasteiger partial charge in [-0.3, -0.25) is 9.58 Å². The molecule has 4 nitrogen and oxygen atoms in total. The first-order valence-corrected chi connectivity index (χ1v) is 8.20. The van der Waals surface area contributed by atoms with Gasteiger partial charge in [-0.2, -0.15) is 5.10 Å². The monoisotopic (exact) mass is 334 g/mol. The van der Waals surface area contributed by atoms with Gasteiger partial charge in [-0.05, 0) is 24.5 Å². The number of benzene rings is 1. The highest BCUT2D eigenvalue weighted by molar-refractivity contribution is 5.85. The van der Waals surface area contributed by atoms with Crippen LogP contribution in [0.15, 0.2) is 30.5 Å². The SMILES string of the molecule is CCc1ccc(C2CNCCN2Cc2cn(C)nc2C)cc1.Cl. The molecule has 0 aliphatic carbocycles. The summed E-state index contributed by atoms with van der Waals surface area (Å²) in [6, 6.07) is 9.55. The smallest absolute Gasteiger partial charge is 0.0638 e. The summed E-state index contributed by atoms with van der Waals surface area (Å²) in [5, 5.41) is 8.01. The zero-order chi connectivity index (χ0) is 15.5. The molecule has 23 heavy (non-hydrogen) atoms. The van der Waals surface area contributed by atoms with Crippen molar-refractivity contribution in [2.24, 2.45) is 7.05 Å². The Labute approximate surface area is 145 Å². The van der Waals surface area contributed by atoms with Gasteiger partial charge in [0.1, 0.15) is 0 Å². The van der Waals surface area contributed by atoms with Crippen molar-refractivity contribution in [1.82, 2.24) is 20.0 Å². The first-order valence-electron chi connectivity index (χ1n) is 8.20. The lowest BCUT2D eigenvalue weighted by Crippen LogP contribution is -2.45. The van der Waals surface area contributed by atoms with Gasteiger partial charge in [0, 0.05) is 51.0 Å². The molecule has 1 unspecified atom stereocenters. The average Bonchev–Trinajstić information content (AvgIpc) is 2.86. The van der Waals surface area contributed by atoms with Crippen molar-refractivity contribution in [2.45, 2.75) is 32.9 Å². The number of rotatable bonds is 4. The Bertz CT molecular complexity index is 620. The van der Waals surface area contributed by atoms with Crippen molar-refractivity contribution in [3.8, 4) is 0 Å². The molecular weight excluding hydrogens is 308 g/mol. The third kappa shape index (κ3) is 4.14. The van der Waals surface area contributed by atoms with Crippen LogP contribution >= 0.6 is 12.4 Å². The molecule has 126 valence electrons. The Hall–Kier alpha value is -1.36. The maximum Gasteiger partial charge on any atom is 0.0638 e. The lowest BCUT2D eigenvalue weighted by atomic mass is 10.0. The van der Waals surface area contributed by atoms with Crippen molar-refractivity contribution in [2.75, 3.05) is 19.6 Å². The van der Waals surface area contributed by atoms with E-state index in [2.05, 4.69) is 59.6 Å². The molecule has 3 rings (SSSR count). The van der Waals surface area contributed by atoms with Crippen LogP contribution in [0.3, 0.4) is 0 Å². The lowest BCUT2D eigenvalue weighted by Gasteiger charge is -2.36. The second-order valence-corrected chi connectivity index (χ2v) is 6.20. The fraction of sp³-hybridized carbons (Fsp3) is 0.500. The summed E-state index contributed by atoms with van der Waals surface area (Å²) >= 11 is 0. The number of nitrogens with zero attached hydrogens (tertiary/aromatic N) is 3. The predicted molar refractivity (Wildman–Crippen MR) is 97.0 cm³/mol. The molecule has 2 heterocycles. The average molecular weight is 335 g/mol. The Morgan fingerprint density at radius 1 is 1.26 bits per heavy atom. The van der Waals surface area contributed by atoms with Gasteiger partial charge in [0.25, 0.3) is 0 Å². The van der Waals surface area contributed by atoms with Gasteiger partial charge in [0.2, 0.25) is 0 Å². The molecule has 5 heteroatoms. The van der Waals surface area contributed by atoms with Crippen LogP contribution in [0.25, 0.3) is 0 Å². The Balaban J connectivity index is 0.00000192. The van der Waals surface area contributed by atoms with Crippen LogP contribution in [-0.4, -0.2) is 34.3 Å². The van der Waals surface area contributed by atoms with Gasteiger partial charge in [-0.1, -0.05) is 31.2 Å². The highest BCUT2D eigenvalue weighted by Gasteiger charge is 2.24. The topological polar surface area (TPSA) is 33.1 Å². The Morgan fingerprint density at radius 3 is 2.61 bits per heavy atom. The summed E-state index contributed by atoms with van der Waals surface area (Å²) in [6.07, 6.45) is 3.25. The van der Waals surface area contributed by atoms with Crippen molar-refractivity contribution >= 4 is 12.4 Å².